The van der Waals surface area contributed by atoms with Crippen molar-refractivity contribution in [1.29, 1.82) is 0 Å². The van der Waals surface area contributed by atoms with E-state index in [1.54, 1.807) is 11.7 Å². The Morgan fingerprint density at radius 2 is 1.81 bits per heavy atom. The molecule has 1 fully saturated rings. The van der Waals surface area contributed by atoms with E-state index >= 15 is 0 Å². The lowest BCUT2D eigenvalue weighted by Crippen LogP contribution is -2.35. The van der Waals surface area contributed by atoms with Gasteiger partial charge < -0.3 is 10.2 Å². The van der Waals surface area contributed by atoms with Gasteiger partial charge in [-0.25, -0.2) is 4.79 Å². The summed E-state index contributed by atoms with van der Waals surface area (Å²) in [5, 5.41) is 7.30. The van der Waals surface area contributed by atoms with Crippen LogP contribution in [0.3, 0.4) is 0 Å². The van der Waals surface area contributed by atoms with Gasteiger partial charge in [0.1, 0.15) is 11.9 Å². The predicted molar refractivity (Wildman–Crippen MR) is 96.3 cm³/mol. The molecule has 1 aliphatic heterocycles. The average Bonchev–Trinajstić information content (AvgIpc) is 3.01. The number of hydrogen-bond acceptors (Lipinski definition) is 4. The first-order valence-electron chi connectivity index (χ1n) is 8.24. The summed E-state index contributed by atoms with van der Waals surface area (Å²) in [7, 11) is 4.68. The van der Waals surface area contributed by atoms with Crippen molar-refractivity contribution in [3.8, 4) is 11.3 Å². The molecule has 0 spiro atoms. The number of hydrogen-bond donors (Lipinski definition) is 1. The van der Waals surface area contributed by atoms with Crippen molar-refractivity contribution >= 4 is 23.7 Å². The van der Waals surface area contributed by atoms with Crippen molar-refractivity contribution in [3.63, 3.8) is 0 Å². The number of imide groups is 1. The van der Waals surface area contributed by atoms with Crippen molar-refractivity contribution in [3.05, 3.63) is 35.9 Å². The summed E-state index contributed by atoms with van der Waals surface area (Å²) in [6.07, 6.45) is -0.100. The van der Waals surface area contributed by atoms with Crippen LogP contribution >= 0.6 is 0 Å². The van der Waals surface area contributed by atoms with Crippen LogP contribution in [0.15, 0.2) is 30.3 Å². The maximum Gasteiger partial charge on any atom is 0.326 e. The second kappa shape index (κ2) is 6.62. The summed E-state index contributed by atoms with van der Waals surface area (Å²) >= 11 is 0. The number of aromatic nitrogens is 2. The largest absolute Gasteiger partial charge is 0.326 e. The predicted octanol–water partition coefficient (Wildman–Crippen LogP) is 1.62. The van der Waals surface area contributed by atoms with Crippen LogP contribution in [0, 0.1) is 6.92 Å². The van der Waals surface area contributed by atoms with Crippen LogP contribution in [0.4, 0.5) is 10.6 Å². The number of likely N-dealkylation sites (N-methyl/N-ethyl adjacent to an activating group) is 2. The fourth-order valence-electron chi connectivity index (χ4n) is 3.11. The van der Waals surface area contributed by atoms with Crippen LogP contribution in [0.1, 0.15) is 12.0 Å². The first-order valence-corrected chi connectivity index (χ1v) is 8.24. The molecule has 1 aliphatic rings. The van der Waals surface area contributed by atoms with Crippen LogP contribution < -0.4 is 5.32 Å². The quantitative estimate of drug-likeness (QED) is 0.844. The molecule has 3 rings (SSSR count). The molecule has 2 aromatic rings. The van der Waals surface area contributed by atoms with E-state index in [1.165, 1.54) is 19.0 Å². The minimum absolute atomic E-state index is 0.100. The molecule has 1 saturated heterocycles. The molecule has 2 heterocycles. The zero-order valence-electron chi connectivity index (χ0n) is 15.2. The van der Waals surface area contributed by atoms with Crippen molar-refractivity contribution in [2.24, 2.45) is 7.05 Å². The number of nitrogens with one attached hydrogen (secondary N) is 1. The van der Waals surface area contributed by atoms with Gasteiger partial charge in [0, 0.05) is 32.3 Å². The highest BCUT2D eigenvalue weighted by Crippen LogP contribution is 2.27. The Balaban J connectivity index is 1.77. The number of carbonyl (C=O) groups is 3. The van der Waals surface area contributed by atoms with Crippen molar-refractivity contribution in [2.75, 3.05) is 19.4 Å². The van der Waals surface area contributed by atoms with Crippen LogP contribution in [-0.2, 0) is 16.6 Å². The molecule has 8 nitrogen and oxygen atoms in total. The third kappa shape index (κ3) is 2.94. The van der Waals surface area contributed by atoms with E-state index in [1.807, 2.05) is 37.3 Å². The van der Waals surface area contributed by atoms with E-state index in [9.17, 15) is 14.4 Å². The monoisotopic (exact) mass is 355 g/mol. The molecule has 0 aliphatic carbocycles. The van der Waals surface area contributed by atoms with Gasteiger partial charge >= 0.3 is 6.03 Å². The number of amides is 4. The van der Waals surface area contributed by atoms with E-state index in [0.717, 1.165) is 21.7 Å². The minimum atomic E-state index is -0.783. The fraction of sp³-hybridized carbons (Fsp3) is 0.333. The van der Waals surface area contributed by atoms with Crippen molar-refractivity contribution in [2.45, 2.75) is 19.4 Å². The second-order valence-corrected chi connectivity index (χ2v) is 6.37. The summed E-state index contributed by atoms with van der Waals surface area (Å²) in [6, 6.07) is 8.50. The highest BCUT2D eigenvalue weighted by Gasteiger charge is 2.41. The Bertz CT molecular complexity index is 874. The van der Waals surface area contributed by atoms with Gasteiger partial charge in [0.05, 0.1) is 12.1 Å². The Morgan fingerprint density at radius 1 is 1.15 bits per heavy atom. The third-order valence-electron chi connectivity index (χ3n) is 4.64. The van der Waals surface area contributed by atoms with Gasteiger partial charge in [0.2, 0.25) is 5.91 Å². The molecule has 1 aromatic heterocycles. The van der Waals surface area contributed by atoms with Gasteiger partial charge in [-0.2, -0.15) is 5.10 Å². The van der Waals surface area contributed by atoms with E-state index in [-0.39, 0.29) is 18.2 Å². The van der Waals surface area contributed by atoms with Crippen LogP contribution in [0.25, 0.3) is 11.3 Å². The molecule has 26 heavy (non-hydrogen) atoms. The zero-order chi connectivity index (χ0) is 19.0. The van der Waals surface area contributed by atoms with E-state index in [4.69, 9.17) is 0 Å². The third-order valence-corrected chi connectivity index (χ3v) is 4.64. The second-order valence-electron chi connectivity index (χ2n) is 6.37. The molecule has 1 unspecified atom stereocenters. The van der Waals surface area contributed by atoms with E-state index < -0.39 is 12.1 Å². The Hall–Kier alpha value is -3.16. The number of anilines is 1. The van der Waals surface area contributed by atoms with Gasteiger partial charge in [0.25, 0.3) is 5.91 Å². The molecule has 0 saturated carbocycles. The van der Waals surface area contributed by atoms with Crippen LogP contribution in [0.2, 0.25) is 0 Å². The number of carbonyl (C=O) groups excluding carboxylic acids is 3. The Morgan fingerprint density at radius 3 is 2.38 bits per heavy atom. The molecule has 1 aromatic carbocycles. The molecule has 1 atom stereocenters. The summed E-state index contributed by atoms with van der Waals surface area (Å²) in [5.41, 5.74) is 2.58. The molecule has 0 radical (unpaired) electrons. The first kappa shape index (κ1) is 17.7. The number of benzene rings is 1. The summed E-state index contributed by atoms with van der Waals surface area (Å²) in [5.74, 6) is -0.148. The normalized spacial score (nSPS) is 17.2. The van der Waals surface area contributed by atoms with Gasteiger partial charge in [0.15, 0.2) is 0 Å². The summed E-state index contributed by atoms with van der Waals surface area (Å²) in [4.78, 5) is 38.7. The molecule has 8 heteroatoms. The van der Waals surface area contributed by atoms with Gasteiger partial charge in [-0.05, 0) is 6.92 Å². The smallest absolute Gasteiger partial charge is 0.315 e. The molecular formula is C18H21N5O3. The lowest BCUT2D eigenvalue weighted by Gasteiger charge is -2.16. The SMILES string of the molecule is Cc1c(-c2ccccc2)nn(C)c1NC(=O)CC1C(=O)N(C)C(=O)N1C. The minimum Gasteiger partial charge on any atom is -0.315 e. The van der Waals surface area contributed by atoms with Gasteiger partial charge in [-0.3, -0.25) is 19.2 Å². The van der Waals surface area contributed by atoms with Gasteiger partial charge in [-0.1, -0.05) is 30.3 Å². The summed E-state index contributed by atoms with van der Waals surface area (Å²) < 4.78 is 1.60. The average molecular weight is 355 g/mol. The Kier molecular flexibility index (Phi) is 4.50. The van der Waals surface area contributed by atoms with E-state index in [2.05, 4.69) is 10.4 Å². The maximum atomic E-state index is 12.5. The number of aryl methyl sites for hydroxylation is 1. The highest BCUT2D eigenvalue weighted by atomic mass is 16.2. The number of rotatable bonds is 4. The zero-order valence-corrected chi connectivity index (χ0v) is 15.2. The maximum absolute atomic E-state index is 12.5. The van der Waals surface area contributed by atoms with Crippen molar-refractivity contribution < 1.29 is 14.4 Å². The lowest BCUT2D eigenvalue weighted by atomic mass is 10.1. The standard InChI is InChI=1S/C18H21N5O3/c1-11-15(12-8-6-5-7-9-12)20-23(4)16(11)19-14(24)10-13-17(25)22(3)18(26)21(13)2/h5-9,13H,10H2,1-4H3,(H,19,24). The van der Waals surface area contributed by atoms with Crippen LogP contribution in [0.5, 0.6) is 0 Å². The number of nitrogens with zero attached hydrogens (tertiary/aromatic N) is 4. The topological polar surface area (TPSA) is 87.5 Å². The van der Waals surface area contributed by atoms with Gasteiger partial charge in [-0.15, -0.1) is 0 Å². The van der Waals surface area contributed by atoms with Crippen LogP contribution in [-0.4, -0.2) is 57.6 Å². The summed E-state index contributed by atoms with van der Waals surface area (Å²) in [6.45, 7) is 1.88. The molecular weight excluding hydrogens is 334 g/mol. The number of urea groups is 1. The van der Waals surface area contributed by atoms with Crippen molar-refractivity contribution in [1.82, 2.24) is 19.6 Å². The molecule has 1 N–H and O–H groups in total. The fourth-order valence-corrected chi connectivity index (χ4v) is 3.11. The highest BCUT2D eigenvalue weighted by molar-refractivity contribution is 6.06. The lowest BCUT2D eigenvalue weighted by molar-refractivity contribution is -0.129. The molecule has 0 bridgehead atoms. The molecule has 136 valence electrons. The Labute approximate surface area is 151 Å². The molecule has 4 amide bonds. The van der Waals surface area contributed by atoms with E-state index in [0.29, 0.717) is 5.82 Å². The first-order chi connectivity index (χ1) is 12.3.